The molecule has 0 unspecified atom stereocenters. The molecule has 1 aromatic rings. The second-order valence-corrected chi connectivity index (χ2v) is 4.59. The van der Waals surface area contributed by atoms with Crippen LogP contribution in [0.3, 0.4) is 0 Å². The highest BCUT2D eigenvalue weighted by Crippen LogP contribution is 2.17. The van der Waals surface area contributed by atoms with Crippen LogP contribution >= 0.6 is 0 Å². The van der Waals surface area contributed by atoms with Crippen LogP contribution in [0.15, 0.2) is 18.2 Å². The molecule has 0 aliphatic carbocycles. The number of hydrogen-bond acceptors (Lipinski definition) is 2. The van der Waals surface area contributed by atoms with Crippen LogP contribution < -0.4 is 5.32 Å². The van der Waals surface area contributed by atoms with E-state index in [1.54, 1.807) is 0 Å². The number of hydrogen-bond donors (Lipinski definition) is 1. The summed E-state index contributed by atoms with van der Waals surface area (Å²) in [6.07, 6.45) is 2.03. The number of amides is 1. The molecular formula is C13H18N2O. The molecule has 0 radical (unpaired) electrons. The number of fused-ring (bicyclic) bond motifs is 1. The van der Waals surface area contributed by atoms with E-state index in [-0.39, 0.29) is 5.91 Å². The van der Waals surface area contributed by atoms with Gasteiger partial charge in [0.2, 0.25) is 0 Å². The molecule has 16 heavy (non-hydrogen) atoms. The SMILES string of the molecule is CN(C)Cc1ccc2c(c1)C(=O)NCCC2. The van der Waals surface area contributed by atoms with Crippen LogP contribution in [0.5, 0.6) is 0 Å². The van der Waals surface area contributed by atoms with Gasteiger partial charge in [0, 0.05) is 18.7 Å². The average Bonchev–Trinajstić information content (AvgIpc) is 2.41. The van der Waals surface area contributed by atoms with E-state index in [0.29, 0.717) is 0 Å². The fourth-order valence-corrected chi connectivity index (χ4v) is 2.09. The lowest BCUT2D eigenvalue weighted by Gasteiger charge is -2.12. The highest BCUT2D eigenvalue weighted by molar-refractivity contribution is 5.96. The summed E-state index contributed by atoms with van der Waals surface area (Å²) >= 11 is 0. The molecule has 1 amide bonds. The van der Waals surface area contributed by atoms with E-state index < -0.39 is 0 Å². The molecule has 0 aromatic heterocycles. The molecule has 1 N–H and O–H groups in total. The van der Waals surface area contributed by atoms with Gasteiger partial charge in [-0.05, 0) is 44.1 Å². The summed E-state index contributed by atoms with van der Waals surface area (Å²) < 4.78 is 0. The highest BCUT2D eigenvalue weighted by Gasteiger charge is 2.15. The third-order valence-corrected chi connectivity index (χ3v) is 2.83. The first-order valence-electron chi connectivity index (χ1n) is 5.71. The van der Waals surface area contributed by atoms with E-state index >= 15 is 0 Å². The molecule has 86 valence electrons. The van der Waals surface area contributed by atoms with Crippen molar-refractivity contribution in [1.82, 2.24) is 10.2 Å². The highest BCUT2D eigenvalue weighted by atomic mass is 16.1. The molecule has 0 spiro atoms. The third-order valence-electron chi connectivity index (χ3n) is 2.83. The van der Waals surface area contributed by atoms with Crippen molar-refractivity contribution in [2.45, 2.75) is 19.4 Å². The van der Waals surface area contributed by atoms with Crippen molar-refractivity contribution in [2.24, 2.45) is 0 Å². The first kappa shape index (κ1) is 11.1. The van der Waals surface area contributed by atoms with Gasteiger partial charge >= 0.3 is 0 Å². The zero-order valence-electron chi connectivity index (χ0n) is 9.92. The van der Waals surface area contributed by atoms with E-state index in [9.17, 15) is 4.79 Å². The monoisotopic (exact) mass is 218 g/mol. The Morgan fingerprint density at radius 2 is 2.19 bits per heavy atom. The van der Waals surface area contributed by atoms with Crippen LogP contribution in [0.25, 0.3) is 0 Å². The molecule has 0 saturated carbocycles. The van der Waals surface area contributed by atoms with Gasteiger partial charge in [0.1, 0.15) is 0 Å². The van der Waals surface area contributed by atoms with Gasteiger partial charge in [-0.2, -0.15) is 0 Å². The predicted octanol–water partition coefficient (Wildman–Crippen LogP) is 1.42. The van der Waals surface area contributed by atoms with E-state index in [4.69, 9.17) is 0 Å². The molecule has 0 fully saturated rings. The summed E-state index contributed by atoms with van der Waals surface area (Å²) in [6, 6.07) is 6.24. The van der Waals surface area contributed by atoms with Gasteiger partial charge in [0.25, 0.3) is 5.91 Å². The van der Waals surface area contributed by atoms with Gasteiger partial charge < -0.3 is 10.2 Å². The standard InChI is InChI=1S/C13H18N2O/c1-15(2)9-10-5-6-11-4-3-7-14-13(16)12(11)8-10/h5-6,8H,3-4,7,9H2,1-2H3,(H,14,16). The number of benzene rings is 1. The van der Waals surface area contributed by atoms with Crippen LogP contribution in [-0.2, 0) is 13.0 Å². The van der Waals surface area contributed by atoms with Crippen molar-refractivity contribution in [3.05, 3.63) is 34.9 Å². The van der Waals surface area contributed by atoms with Gasteiger partial charge in [-0.3, -0.25) is 4.79 Å². The smallest absolute Gasteiger partial charge is 0.251 e. The van der Waals surface area contributed by atoms with E-state index in [1.807, 2.05) is 20.2 Å². The lowest BCUT2D eigenvalue weighted by atomic mass is 10.0. The zero-order chi connectivity index (χ0) is 11.5. The number of carbonyl (C=O) groups excluding carboxylic acids is 1. The number of nitrogens with one attached hydrogen (secondary N) is 1. The van der Waals surface area contributed by atoms with Crippen LogP contribution in [0.4, 0.5) is 0 Å². The normalized spacial score (nSPS) is 15.6. The lowest BCUT2D eigenvalue weighted by molar-refractivity contribution is 0.0956. The third kappa shape index (κ3) is 2.42. The maximum Gasteiger partial charge on any atom is 0.251 e. The Morgan fingerprint density at radius 1 is 1.38 bits per heavy atom. The topological polar surface area (TPSA) is 32.3 Å². The maximum atomic E-state index is 11.8. The first-order chi connectivity index (χ1) is 7.66. The van der Waals surface area contributed by atoms with E-state index in [2.05, 4.69) is 22.3 Å². The van der Waals surface area contributed by atoms with Gasteiger partial charge in [0.15, 0.2) is 0 Å². The number of rotatable bonds is 2. The predicted molar refractivity (Wildman–Crippen MR) is 64.5 cm³/mol. The summed E-state index contributed by atoms with van der Waals surface area (Å²) in [4.78, 5) is 13.9. The summed E-state index contributed by atoms with van der Waals surface area (Å²) in [6.45, 7) is 1.66. The first-order valence-corrected chi connectivity index (χ1v) is 5.71. The minimum absolute atomic E-state index is 0.0770. The molecule has 0 saturated heterocycles. The van der Waals surface area contributed by atoms with Crippen molar-refractivity contribution in [3.8, 4) is 0 Å². The molecule has 1 aliphatic rings. The molecule has 0 bridgehead atoms. The maximum absolute atomic E-state index is 11.8. The molecule has 1 heterocycles. The number of carbonyl (C=O) groups is 1. The van der Waals surface area contributed by atoms with Crippen molar-refractivity contribution in [1.29, 1.82) is 0 Å². The van der Waals surface area contributed by atoms with Crippen molar-refractivity contribution < 1.29 is 4.79 Å². The molecule has 3 nitrogen and oxygen atoms in total. The molecular weight excluding hydrogens is 200 g/mol. The van der Waals surface area contributed by atoms with E-state index in [0.717, 1.165) is 31.5 Å². The molecule has 3 heteroatoms. The Balaban J connectivity index is 2.31. The van der Waals surface area contributed by atoms with Gasteiger partial charge in [-0.1, -0.05) is 12.1 Å². The second kappa shape index (κ2) is 4.66. The zero-order valence-corrected chi connectivity index (χ0v) is 9.92. The molecule has 0 atom stereocenters. The summed E-state index contributed by atoms with van der Waals surface area (Å²) in [5.41, 5.74) is 3.23. The molecule has 2 rings (SSSR count). The van der Waals surface area contributed by atoms with Crippen molar-refractivity contribution in [2.75, 3.05) is 20.6 Å². The largest absolute Gasteiger partial charge is 0.352 e. The van der Waals surface area contributed by atoms with Crippen LogP contribution in [0, 0.1) is 0 Å². The van der Waals surface area contributed by atoms with Gasteiger partial charge in [-0.25, -0.2) is 0 Å². The lowest BCUT2D eigenvalue weighted by Crippen LogP contribution is -2.23. The Bertz CT molecular complexity index is 399. The second-order valence-electron chi connectivity index (χ2n) is 4.59. The summed E-state index contributed by atoms with van der Waals surface area (Å²) in [5.74, 6) is 0.0770. The number of nitrogens with zero attached hydrogens (tertiary/aromatic N) is 1. The van der Waals surface area contributed by atoms with Crippen LogP contribution in [0.1, 0.15) is 27.9 Å². The van der Waals surface area contributed by atoms with Gasteiger partial charge in [0.05, 0.1) is 0 Å². The Labute approximate surface area is 96.5 Å². The van der Waals surface area contributed by atoms with Crippen molar-refractivity contribution in [3.63, 3.8) is 0 Å². The Morgan fingerprint density at radius 3 is 2.94 bits per heavy atom. The van der Waals surface area contributed by atoms with Gasteiger partial charge in [-0.15, -0.1) is 0 Å². The fourth-order valence-electron chi connectivity index (χ4n) is 2.09. The quantitative estimate of drug-likeness (QED) is 0.814. The minimum Gasteiger partial charge on any atom is -0.352 e. The average molecular weight is 218 g/mol. The van der Waals surface area contributed by atoms with E-state index in [1.165, 1.54) is 11.1 Å². The van der Waals surface area contributed by atoms with Crippen LogP contribution in [-0.4, -0.2) is 31.4 Å². The van der Waals surface area contributed by atoms with Crippen molar-refractivity contribution >= 4 is 5.91 Å². The number of aryl methyl sites for hydroxylation is 1. The fraction of sp³-hybridized carbons (Fsp3) is 0.462. The minimum atomic E-state index is 0.0770. The Hall–Kier alpha value is -1.35. The summed E-state index contributed by atoms with van der Waals surface area (Å²) in [5, 5.41) is 2.93. The van der Waals surface area contributed by atoms with Crippen LogP contribution in [0.2, 0.25) is 0 Å². The Kier molecular flexibility index (Phi) is 3.25. The summed E-state index contributed by atoms with van der Waals surface area (Å²) in [7, 11) is 4.07. The molecule has 1 aliphatic heterocycles. The molecule has 1 aromatic carbocycles.